The molecule has 0 saturated carbocycles. The first-order valence-electron chi connectivity index (χ1n) is 10.1. The van der Waals surface area contributed by atoms with Crippen LogP contribution in [-0.4, -0.2) is 59.7 Å². The minimum absolute atomic E-state index is 0.0364. The van der Waals surface area contributed by atoms with E-state index in [0.717, 1.165) is 38.5 Å². The Morgan fingerprint density at radius 2 is 1.97 bits per heavy atom. The summed E-state index contributed by atoms with van der Waals surface area (Å²) in [5, 5.41) is 13.9. The fourth-order valence-corrected chi connectivity index (χ4v) is 3.44. The van der Waals surface area contributed by atoms with Crippen molar-refractivity contribution in [1.82, 2.24) is 10.2 Å². The molecule has 10 nitrogen and oxygen atoms in total. The van der Waals surface area contributed by atoms with E-state index in [-0.39, 0.29) is 29.0 Å². The second kappa shape index (κ2) is 10.6. The van der Waals surface area contributed by atoms with Gasteiger partial charge in [-0.3, -0.25) is 14.9 Å². The van der Waals surface area contributed by atoms with Gasteiger partial charge in [0.1, 0.15) is 11.4 Å². The van der Waals surface area contributed by atoms with Crippen molar-refractivity contribution in [2.45, 2.75) is 51.7 Å². The zero-order valence-electron chi connectivity index (χ0n) is 18.0. The number of alkyl carbamates (subject to hydrolysis) is 1. The Labute approximate surface area is 186 Å². The summed E-state index contributed by atoms with van der Waals surface area (Å²) in [5.41, 5.74) is 4.24. The van der Waals surface area contributed by atoms with Gasteiger partial charge in [-0.2, -0.15) is 0 Å². The van der Waals surface area contributed by atoms with E-state index >= 15 is 0 Å². The standard InChI is InChI=1S/C20H29ClN4O6/c1-20(2,3)31-19(27)23-14-5-8-24(9-6-14)7-4-10-30-16-12-13(18(22)26)11-15(17(16)21)25(28)29/h11-12,14H,4-10H2,1-3H3,(H2,22,26)(H,23,27). The molecule has 0 bridgehead atoms. The van der Waals surface area contributed by atoms with E-state index in [2.05, 4.69) is 10.2 Å². The van der Waals surface area contributed by atoms with Gasteiger partial charge >= 0.3 is 6.09 Å². The minimum atomic E-state index is -0.799. The highest BCUT2D eigenvalue weighted by Gasteiger charge is 2.24. The molecule has 0 radical (unpaired) electrons. The third kappa shape index (κ3) is 7.87. The third-order valence-corrected chi connectivity index (χ3v) is 5.07. The van der Waals surface area contributed by atoms with Gasteiger partial charge in [0, 0.05) is 37.3 Å². The maximum absolute atomic E-state index is 11.9. The van der Waals surface area contributed by atoms with Gasteiger partial charge in [-0.25, -0.2) is 4.79 Å². The molecule has 0 aliphatic carbocycles. The molecule has 0 spiro atoms. The van der Waals surface area contributed by atoms with Gasteiger partial charge in [-0.1, -0.05) is 11.6 Å². The van der Waals surface area contributed by atoms with Crippen molar-refractivity contribution in [3.8, 4) is 5.75 Å². The van der Waals surface area contributed by atoms with E-state index < -0.39 is 28.2 Å². The molecule has 1 aliphatic rings. The maximum Gasteiger partial charge on any atom is 0.407 e. The third-order valence-electron chi connectivity index (χ3n) is 4.69. The number of primary amides is 1. The van der Waals surface area contributed by atoms with Crippen molar-refractivity contribution < 1.29 is 24.0 Å². The summed E-state index contributed by atoms with van der Waals surface area (Å²) in [6.07, 6.45) is 1.90. The number of nitrogens with two attached hydrogens (primary N) is 1. The number of likely N-dealkylation sites (tertiary alicyclic amines) is 1. The highest BCUT2D eigenvalue weighted by atomic mass is 35.5. The van der Waals surface area contributed by atoms with Crippen LogP contribution in [0.1, 0.15) is 50.4 Å². The Kier molecular flexibility index (Phi) is 8.46. The SMILES string of the molecule is CC(C)(C)OC(=O)NC1CCN(CCCOc2cc(C(N)=O)cc([N+](=O)[O-])c2Cl)CC1. The van der Waals surface area contributed by atoms with Crippen molar-refractivity contribution in [1.29, 1.82) is 0 Å². The molecule has 1 aromatic rings. The Morgan fingerprint density at radius 1 is 1.32 bits per heavy atom. The molecule has 2 rings (SSSR count). The number of rotatable bonds is 8. The lowest BCUT2D eigenvalue weighted by atomic mass is 10.1. The van der Waals surface area contributed by atoms with Crippen LogP contribution in [0.2, 0.25) is 5.02 Å². The molecule has 1 fully saturated rings. The van der Waals surface area contributed by atoms with Crippen LogP contribution in [0.4, 0.5) is 10.5 Å². The molecular formula is C20H29ClN4O6. The van der Waals surface area contributed by atoms with E-state index in [0.29, 0.717) is 6.42 Å². The number of benzene rings is 1. The van der Waals surface area contributed by atoms with Gasteiger partial charge in [-0.05, 0) is 46.1 Å². The molecule has 1 aromatic carbocycles. The van der Waals surface area contributed by atoms with Crippen LogP contribution < -0.4 is 15.8 Å². The average molecular weight is 457 g/mol. The minimum Gasteiger partial charge on any atom is -0.492 e. The second-order valence-corrected chi connectivity index (χ2v) is 8.77. The van der Waals surface area contributed by atoms with Gasteiger partial charge in [0.05, 0.1) is 11.5 Å². The van der Waals surface area contributed by atoms with E-state index in [9.17, 15) is 19.7 Å². The highest BCUT2D eigenvalue weighted by molar-refractivity contribution is 6.34. The van der Waals surface area contributed by atoms with E-state index in [4.69, 9.17) is 26.8 Å². The van der Waals surface area contributed by atoms with E-state index in [1.165, 1.54) is 6.07 Å². The number of halogens is 1. The molecule has 31 heavy (non-hydrogen) atoms. The van der Waals surface area contributed by atoms with Gasteiger partial charge < -0.3 is 25.4 Å². The predicted molar refractivity (Wildman–Crippen MR) is 116 cm³/mol. The second-order valence-electron chi connectivity index (χ2n) is 8.39. The number of ether oxygens (including phenoxy) is 2. The number of nitrogens with zero attached hydrogens (tertiary/aromatic N) is 2. The van der Waals surface area contributed by atoms with Gasteiger partial charge in [0.2, 0.25) is 5.91 Å². The highest BCUT2D eigenvalue weighted by Crippen LogP contribution is 2.35. The molecule has 11 heteroatoms. The number of hydrogen-bond donors (Lipinski definition) is 2. The molecule has 1 aliphatic heterocycles. The average Bonchev–Trinajstić information content (AvgIpc) is 2.65. The largest absolute Gasteiger partial charge is 0.492 e. The van der Waals surface area contributed by atoms with Gasteiger partial charge in [0.15, 0.2) is 5.02 Å². The summed E-state index contributed by atoms with van der Waals surface area (Å²) < 4.78 is 10.9. The number of nitrogens with one attached hydrogen (secondary N) is 1. The number of carbonyl (C=O) groups is 2. The monoisotopic (exact) mass is 456 g/mol. The summed E-state index contributed by atoms with van der Waals surface area (Å²) in [5.74, 6) is -0.739. The Bertz CT molecular complexity index is 819. The number of carbonyl (C=O) groups excluding carboxylic acids is 2. The number of piperidine rings is 1. The molecule has 0 atom stereocenters. The van der Waals surface area contributed by atoms with Crippen LogP contribution in [-0.2, 0) is 4.74 Å². The smallest absolute Gasteiger partial charge is 0.407 e. The van der Waals surface area contributed by atoms with Crippen molar-refractivity contribution in [3.63, 3.8) is 0 Å². The van der Waals surface area contributed by atoms with Crippen LogP contribution in [0, 0.1) is 10.1 Å². The van der Waals surface area contributed by atoms with Gasteiger partial charge in [0.25, 0.3) is 5.69 Å². The first kappa shape index (κ1) is 24.7. The molecule has 2 amide bonds. The lowest BCUT2D eigenvalue weighted by molar-refractivity contribution is -0.384. The molecular weight excluding hydrogens is 428 g/mol. The van der Waals surface area contributed by atoms with Crippen molar-refractivity contribution in [2.75, 3.05) is 26.2 Å². The summed E-state index contributed by atoms with van der Waals surface area (Å²) in [6, 6.07) is 2.43. The Morgan fingerprint density at radius 3 is 2.52 bits per heavy atom. The Balaban J connectivity index is 1.77. The quantitative estimate of drug-likeness (QED) is 0.348. The van der Waals surface area contributed by atoms with Crippen molar-refractivity contribution in [3.05, 3.63) is 32.8 Å². The fourth-order valence-electron chi connectivity index (χ4n) is 3.21. The summed E-state index contributed by atoms with van der Waals surface area (Å²) >= 11 is 6.03. The molecule has 3 N–H and O–H groups in total. The van der Waals surface area contributed by atoms with Crippen LogP contribution in [0.3, 0.4) is 0 Å². The van der Waals surface area contributed by atoms with Crippen molar-refractivity contribution >= 4 is 29.3 Å². The first-order chi connectivity index (χ1) is 14.5. The lowest BCUT2D eigenvalue weighted by Crippen LogP contribution is -2.46. The fraction of sp³-hybridized carbons (Fsp3) is 0.600. The molecule has 1 heterocycles. The first-order valence-corrected chi connectivity index (χ1v) is 10.5. The number of nitro benzene ring substituents is 1. The van der Waals surface area contributed by atoms with E-state index in [1.54, 1.807) is 0 Å². The molecule has 0 unspecified atom stereocenters. The van der Waals surface area contributed by atoms with Crippen LogP contribution in [0.5, 0.6) is 5.75 Å². The molecule has 172 valence electrons. The number of nitro groups is 1. The summed E-state index contributed by atoms with van der Waals surface area (Å²) in [6.45, 7) is 8.16. The summed E-state index contributed by atoms with van der Waals surface area (Å²) in [4.78, 5) is 36.0. The normalized spacial score (nSPS) is 15.4. The molecule has 1 saturated heterocycles. The Hall–Kier alpha value is -2.59. The predicted octanol–water partition coefficient (Wildman–Crippen LogP) is 3.11. The van der Waals surface area contributed by atoms with Crippen LogP contribution >= 0.6 is 11.6 Å². The summed E-state index contributed by atoms with van der Waals surface area (Å²) in [7, 11) is 0. The number of hydrogen-bond acceptors (Lipinski definition) is 7. The number of amides is 2. The van der Waals surface area contributed by atoms with Crippen molar-refractivity contribution in [2.24, 2.45) is 5.73 Å². The van der Waals surface area contributed by atoms with Gasteiger partial charge in [-0.15, -0.1) is 0 Å². The maximum atomic E-state index is 11.9. The lowest BCUT2D eigenvalue weighted by Gasteiger charge is -2.32. The zero-order valence-corrected chi connectivity index (χ0v) is 18.7. The zero-order chi connectivity index (χ0) is 23.2. The van der Waals surface area contributed by atoms with E-state index in [1.807, 2.05) is 20.8 Å². The molecule has 0 aromatic heterocycles. The topological polar surface area (TPSA) is 137 Å². The van der Waals surface area contributed by atoms with Crippen LogP contribution in [0.15, 0.2) is 12.1 Å². The van der Waals surface area contributed by atoms with Crippen LogP contribution in [0.25, 0.3) is 0 Å².